The fourth-order valence-corrected chi connectivity index (χ4v) is 1.07. The van der Waals surface area contributed by atoms with Gasteiger partial charge in [0.15, 0.2) is 0 Å². The summed E-state index contributed by atoms with van der Waals surface area (Å²) in [6.45, 7) is 2.16. The average molecular weight is 220 g/mol. The van der Waals surface area contributed by atoms with Gasteiger partial charge in [-0.15, -0.1) is 0 Å². The van der Waals surface area contributed by atoms with E-state index >= 15 is 0 Å². The van der Waals surface area contributed by atoms with Crippen molar-refractivity contribution < 1.29 is 70.3 Å². The molecule has 0 aliphatic rings. The maximum Gasteiger partial charge on any atom is 1.00 e. The van der Waals surface area contributed by atoms with E-state index < -0.39 is 7.82 Å². The van der Waals surface area contributed by atoms with Gasteiger partial charge < -0.3 is 14.3 Å². The Morgan fingerprint density at radius 1 is 1.42 bits per heavy atom. The summed E-state index contributed by atoms with van der Waals surface area (Å²) in [5, 5.41) is 0. The summed E-state index contributed by atoms with van der Waals surface area (Å²) in [6.07, 6.45) is 3.78. The second-order valence-corrected chi connectivity index (χ2v) is 3.56. The molecule has 1 atom stereocenters. The Balaban J connectivity index is 0. The third-order valence-electron chi connectivity index (χ3n) is 1.25. The Labute approximate surface area is 116 Å². The Kier molecular flexibility index (Phi) is 12.6. The molecule has 0 saturated carbocycles. The number of rotatable bonds is 6. The van der Waals surface area contributed by atoms with Gasteiger partial charge in [-0.3, -0.25) is 4.57 Å². The van der Waals surface area contributed by atoms with Gasteiger partial charge in [0, 0.05) is 0 Å². The zero-order chi connectivity index (χ0) is 8.74. The van der Waals surface area contributed by atoms with Crippen LogP contribution >= 0.6 is 7.82 Å². The van der Waals surface area contributed by atoms with Crippen LogP contribution in [0.5, 0.6) is 0 Å². The first kappa shape index (κ1) is 16.2. The monoisotopic (exact) mass is 220 g/mol. The van der Waals surface area contributed by atoms with Crippen molar-refractivity contribution >= 4 is 7.82 Å². The fourth-order valence-electron chi connectivity index (χ4n) is 0.709. The van der Waals surface area contributed by atoms with Crippen LogP contribution in [0, 0.1) is 0 Å². The first-order valence-electron chi connectivity index (χ1n) is 3.74. The second kappa shape index (κ2) is 9.31. The van der Waals surface area contributed by atoms with Crippen molar-refractivity contribution in [2.75, 3.05) is 6.61 Å². The van der Waals surface area contributed by atoms with Crippen LogP contribution in [0.15, 0.2) is 0 Å². The van der Waals surface area contributed by atoms with Crippen molar-refractivity contribution in [2.24, 2.45) is 0 Å². The molecule has 12 heavy (non-hydrogen) atoms. The predicted molar refractivity (Wildman–Crippen MR) is 39.9 cm³/mol. The van der Waals surface area contributed by atoms with Gasteiger partial charge in [-0.25, -0.2) is 0 Å². The molecule has 0 heterocycles. The molecular formula is C6H14KO4P. The van der Waals surface area contributed by atoms with Gasteiger partial charge in [0.25, 0.3) is 7.82 Å². The molecule has 6 heteroatoms. The van der Waals surface area contributed by atoms with Crippen molar-refractivity contribution in [1.29, 1.82) is 0 Å². The minimum atomic E-state index is -4.46. The Morgan fingerprint density at radius 2 is 2.00 bits per heavy atom. The van der Waals surface area contributed by atoms with E-state index in [0.29, 0.717) is 6.42 Å². The SMILES string of the molecule is CCCCCCOP(=O)([O-])O.[K+]. The van der Waals surface area contributed by atoms with Gasteiger partial charge in [-0.1, -0.05) is 26.2 Å². The molecule has 0 spiro atoms. The fraction of sp³-hybridized carbons (Fsp3) is 1.00. The Hall–Kier alpha value is 1.75. The smallest absolute Gasteiger partial charge is 0.756 e. The van der Waals surface area contributed by atoms with Crippen molar-refractivity contribution in [1.82, 2.24) is 0 Å². The van der Waals surface area contributed by atoms with Gasteiger partial charge in [-0.05, 0) is 6.42 Å². The number of unbranched alkanes of at least 4 members (excludes halogenated alkanes) is 3. The molecule has 1 unspecified atom stereocenters. The van der Waals surface area contributed by atoms with Crippen LogP contribution in [0.3, 0.4) is 0 Å². The summed E-state index contributed by atoms with van der Waals surface area (Å²) in [7, 11) is -4.46. The van der Waals surface area contributed by atoms with E-state index in [9.17, 15) is 9.46 Å². The molecule has 68 valence electrons. The predicted octanol–water partition coefficient (Wildman–Crippen LogP) is -1.95. The zero-order valence-electron chi connectivity index (χ0n) is 7.65. The molecule has 0 aromatic rings. The third kappa shape index (κ3) is 14.3. The maximum atomic E-state index is 10.0. The summed E-state index contributed by atoms with van der Waals surface area (Å²) in [6, 6.07) is 0. The standard InChI is InChI=1S/C6H15O4P.K/c1-2-3-4-5-6-10-11(7,8)9;/h2-6H2,1H3,(H2,7,8,9);/q;+1/p-1. The molecule has 1 N–H and O–H groups in total. The largest absolute Gasteiger partial charge is 1.00 e. The van der Waals surface area contributed by atoms with E-state index in [0.717, 1.165) is 19.3 Å². The summed E-state index contributed by atoms with van der Waals surface area (Å²) in [4.78, 5) is 18.2. The summed E-state index contributed by atoms with van der Waals surface area (Å²) >= 11 is 0. The second-order valence-electron chi connectivity index (χ2n) is 2.36. The minimum Gasteiger partial charge on any atom is -0.756 e. The van der Waals surface area contributed by atoms with E-state index in [1.54, 1.807) is 0 Å². The van der Waals surface area contributed by atoms with E-state index in [1.807, 2.05) is 0 Å². The van der Waals surface area contributed by atoms with E-state index in [1.165, 1.54) is 0 Å². The van der Waals surface area contributed by atoms with Crippen LogP contribution < -0.4 is 56.3 Å². The Morgan fingerprint density at radius 3 is 2.42 bits per heavy atom. The van der Waals surface area contributed by atoms with Gasteiger partial charge >= 0.3 is 51.4 Å². The molecule has 0 saturated heterocycles. The van der Waals surface area contributed by atoms with Crippen LogP contribution in [0.4, 0.5) is 0 Å². The molecular weight excluding hydrogens is 206 g/mol. The zero-order valence-corrected chi connectivity index (χ0v) is 11.7. The molecule has 0 rings (SSSR count). The molecule has 0 aromatic heterocycles. The van der Waals surface area contributed by atoms with Crippen LogP contribution in [-0.4, -0.2) is 11.5 Å². The summed E-state index contributed by atoms with van der Waals surface area (Å²) < 4.78 is 14.2. The first-order chi connectivity index (χ1) is 5.06. The van der Waals surface area contributed by atoms with Gasteiger partial charge in [0.05, 0.1) is 6.61 Å². The van der Waals surface area contributed by atoms with E-state index in [4.69, 9.17) is 4.89 Å². The van der Waals surface area contributed by atoms with Crippen molar-refractivity contribution in [2.45, 2.75) is 32.6 Å². The van der Waals surface area contributed by atoms with Crippen molar-refractivity contribution in [3.05, 3.63) is 0 Å². The molecule has 0 aliphatic carbocycles. The minimum absolute atomic E-state index is 0. The molecule has 0 aromatic carbocycles. The maximum absolute atomic E-state index is 10.0. The number of phosphoric acid groups is 1. The quantitative estimate of drug-likeness (QED) is 0.321. The van der Waals surface area contributed by atoms with Crippen LogP contribution in [0.2, 0.25) is 0 Å². The van der Waals surface area contributed by atoms with Crippen LogP contribution in [-0.2, 0) is 9.09 Å². The number of phosphoric ester groups is 1. The molecule has 0 fully saturated rings. The topological polar surface area (TPSA) is 69.6 Å². The molecule has 0 amide bonds. The normalized spacial score (nSPS) is 14.9. The van der Waals surface area contributed by atoms with Gasteiger partial charge in [0.1, 0.15) is 0 Å². The molecule has 0 aliphatic heterocycles. The van der Waals surface area contributed by atoms with E-state index in [2.05, 4.69) is 11.4 Å². The number of hydrogen-bond acceptors (Lipinski definition) is 3. The molecule has 0 bridgehead atoms. The summed E-state index contributed by atoms with van der Waals surface area (Å²) in [5.41, 5.74) is 0. The number of hydrogen-bond donors (Lipinski definition) is 1. The molecule has 4 nitrogen and oxygen atoms in total. The van der Waals surface area contributed by atoms with E-state index in [-0.39, 0.29) is 58.0 Å². The molecule has 0 radical (unpaired) electrons. The van der Waals surface area contributed by atoms with Crippen LogP contribution in [0.25, 0.3) is 0 Å². The van der Waals surface area contributed by atoms with Gasteiger partial charge in [0.2, 0.25) is 0 Å². The third-order valence-corrected chi connectivity index (χ3v) is 1.76. The summed E-state index contributed by atoms with van der Waals surface area (Å²) in [5.74, 6) is 0. The van der Waals surface area contributed by atoms with Crippen LogP contribution in [0.1, 0.15) is 32.6 Å². The first-order valence-corrected chi connectivity index (χ1v) is 5.24. The van der Waals surface area contributed by atoms with Gasteiger partial charge in [-0.2, -0.15) is 0 Å². The van der Waals surface area contributed by atoms with Crippen molar-refractivity contribution in [3.8, 4) is 0 Å². The Bertz CT molecular complexity index is 136. The van der Waals surface area contributed by atoms with Crippen molar-refractivity contribution in [3.63, 3.8) is 0 Å². The average Bonchev–Trinajstić information content (AvgIpc) is 1.85.